The van der Waals surface area contributed by atoms with Gasteiger partial charge in [0.1, 0.15) is 11.7 Å². The van der Waals surface area contributed by atoms with Crippen LogP contribution in [0.5, 0.6) is 0 Å². The maximum absolute atomic E-state index is 11.4. The summed E-state index contributed by atoms with van der Waals surface area (Å²) in [6.45, 7) is 1.28. The molecule has 0 aromatic heterocycles. The normalized spacial score (nSPS) is 11.4. The maximum Gasteiger partial charge on any atom is 0.325 e. The molecule has 0 radical (unpaired) electrons. The standard InChI is InChI=1S/C10H11N3O5/c1-6(9(14)15)11-10(16)12-7-4-2-3-5-8(7)13(17)18/h2-6H,1H3,(H,14,15)(H2,11,12,16). The minimum Gasteiger partial charge on any atom is -0.480 e. The van der Waals surface area contributed by atoms with Crippen molar-refractivity contribution < 1.29 is 19.6 Å². The highest BCUT2D eigenvalue weighted by molar-refractivity contribution is 5.94. The van der Waals surface area contributed by atoms with Crippen LogP contribution in [0, 0.1) is 10.1 Å². The fourth-order valence-electron chi connectivity index (χ4n) is 1.16. The van der Waals surface area contributed by atoms with Gasteiger partial charge in [-0.2, -0.15) is 0 Å². The highest BCUT2D eigenvalue weighted by Crippen LogP contribution is 2.22. The Morgan fingerprint density at radius 3 is 2.56 bits per heavy atom. The number of carboxylic acids is 1. The molecule has 1 aromatic rings. The zero-order chi connectivity index (χ0) is 13.7. The van der Waals surface area contributed by atoms with Crippen LogP contribution in [-0.4, -0.2) is 28.1 Å². The van der Waals surface area contributed by atoms with E-state index in [-0.39, 0.29) is 11.4 Å². The molecular weight excluding hydrogens is 242 g/mol. The van der Waals surface area contributed by atoms with Crippen LogP contribution in [0.4, 0.5) is 16.2 Å². The van der Waals surface area contributed by atoms with Crippen molar-refractivity contribution in [3.63, 3.8) is 0 Å². The third-order valence-electron chi connectivity index (χ3n) is 2.07. The lowest BCUT2D eigenvalue weighted by molar-refractivity contribution is -0.383. The highest BCUT2D eigenvalue weighted by atomic mass is 16.6. The first kappa shape index (κ1) is 13.4. The lowest BCUT2D eigenvalue weighted by atomic mass is 10.2. The van der Waals surface area contributed by atoms with Gasteiger partial charge in [-0.3, -0.25) is 14.9 Å². The fraction of sp³-hybridized carbons (Fsp3) is 0.200. The number of carbonyl (C=O) groups excluding carboxylic acids is 1. The predicted octanol–water partition coefficient (Wildman–Crippen LogP) is 1.19. The first-order valence-corrected chi connectivity index (χ1v) is 4.95. The number of carbonyl (C=O) groups is 2. The average Bonchev–Trinajstić information content (AvgIpc) is 2.28. The number of nitrogens with one attached hydrogen (secondary N) is 2. The maximum atomic E-state index is 11.4. The molecule has 0 fully saturated rings. The Balaban J connectivity index is 2.76. The van der Waals surface area contributed by atoms with Crippen LogP contribution >= 0.6 is 0 Å². The number of nitrogens with zero attached hydrogens (tertiary/aromatic N) is 1. The van der Waals surface area contributed by atoms with Crippen molar-refractivity contribution in [3.05, 3.63) is 34.4 Å². The van der Waals surface area contributed by atoms with Crippen LogP contribution in [0.15, 0.2) is 24.3 Å². The lowest BCUT2D eigenvalue weighted by Gasteiger charge is -2.10. The molecule has 8 heteroatoms. The topological polar surface area (TPSA) is 122 Å². The molecular formula is C10H11N3O5. The van der Waals surface area contributed by atoms with Crippen LogP contribution in [0.2, 0.25) is 0 Å². The largest absolute Gasteiger partial charge is 0.480 e. The Morgan fingerprint density at radius 1 is 1.39 bits per heavy atom. The van der Waals surface area contributed by atoms with Gasteiger partial charge in [0.25, 0.3) is 5.69 Å². The number of hydrogen-bond acceptors (Lipinski definition) is 4. The van der Waals surface area contributed by atoms with E-state index in [1.165, 1.54) is 31.2 Å². The molecule has 2 amide bonds. The SMILES string of the molecule is CC(NC(=O)Nc1ccccc1[N+](=O)[O-])C(=O)O. The van der Waals surface area contributed by atoms with Crippen LogP contribution < -0.4 is 10.6 Å². The Morgan fingerprint density at radius 2 is 2.00 bits per heavy atom. The van der Waals surface area contributed by atoms with E-state index in [1.54, 1.807) is 0 Å². The summed E-state index contributed by atoms with van der Waals surface area (Å²) in [5.74, 6) is -1.20. The number of nitro groups is 1. The smallest absolute Gasteiger partial charge is 0.325 e. The second-order valence-electron chi connectivity index (χ2n) is 3.43. The van der Waals surface area contributed by atoms with Crippen molar-refractivity contribution in [1.82, 2.24) is 5.32 Å². The number of urea groups is 1. The molecule has 0 aliphatic rings. The summed E-state index contributed by atoms with van der Waals surface area (Å²) in [5, 5.41) is 23.6. The molecule has 0 aliphatic heterocycles. The number of hydrogen-bond donors (Lipinski definition) is 3. The summed E-state index contributed by atoms with van der Waals surface area (Å²) in [4.78, 5) is 31.9. The van der Waals surface area contributed by atoms with Gasteiger partial charge in [-0.15, -0.1) is 0 Å². The summed E-state index contributed by atoms with van der Waals surface area (Å²) in [6, 6.07) is 3.65. The summed E-state index contributed by atoms with van der Waals surface area (Å²) in [5.41, 5.74) is -0.270. The molecule has 8 nitrogen and oxygen atoms in total. The summed E-state index contributed by atoms with van der Waals surface area (Å²) >= 11 is 0. The zero-order valence-corrected chi connectivity index (χ0v) is 9.41. The van der Waals surface area contributed by atoms with E-state index in [1.807, 2.05) is 0 Å². The fourth-order valence-corrected chi connectivity index (χ4v) is 1.16. The van der Waals surface area contributed by atoms with Gasteiger partial charge in [-0.25, -0.2) is 4.79 Å². The molecule has 1 aromatic carbocycles. The number of nitro benzene ring substituents is 1. The minimum absolute atomic E-state index is 0.00223. The number of rotatable bonds is 4. The van der Waals surface area contributed by atoms with E-state index < -0.39 is 23.0 Å². The number of carboxylic acid groups (broad SMARTS) is 1. The minimum atomic E-state index is -1.20. The first-order chi connectivity index (χ1) is 8.41. The number of anilines is 1. The molecule has 0 heterocycles. The van der Waals surface area contributed by atoms with Gasteiger partial charge in [-0.05, 0) is 13.0 Å². The Kier molecular flexibility index (Phi) is 4.19. The van der Waals surface area contributed by atoms with Gasteiger partial charge in [-0.1, -0.05) is 12.1 Å². The van der Waals surface area contributed by atoms with Crippen LogP contribution in [0.3, 0.4) is 0 Å². The number of aliphatic carboxylic acids is 1. The van der Waals surface area contributed by atoms with E-state index in [4.69, 9.17) is 5.11 Å². The molecule has 1 rings (SSSR count). The summed E-state index contributed by atoms with van der Waals surface area (Å²) in [7, 11) is 0. The molecule has 3 N–H and O–H groups in total. The Hall–Kier alpha value is -2.64. The van der Waals surface area contributed by atoms with E-state index >= 15 is 0 Å². The second-order valence-corrected chi connectivity index (χ2v) is 3.43. The van der Waals surface area contributed by atoms with Crippen molar-refractivity contribution in [1.29, 1.82) is 0 Å². The number of para-hydroxylation sites is 2. The van der Waals surface area contributed by atoms with Gasteiger partial charge >= 0.3 is 12.0 Å². The third kappa shape index (κ3) is 3.44. The van der Waals surface area contributed by atoms with Gasteiger partial charge in [0, 0.05) is 6.07 Å². The van der Waals surface area contributed by atoms with E-state index in [2.05, 4.69) is 10.6 Å². The molecule has 1 atom stereocenters. The van der Waals surface area contributed by atoms with Crippen molar-refractivity contribution in [2.75, 3.05) is 5.32 Å². The molecule has 0 bridgehead atoms. The van der Waals surface area contributed by atoms with Crippen molar-refractivity contribution in [2.24, 2.45) is 0 Å². The molecule has 96 valence electrons. The molecule has 0 spiro atoms. The predicted molar refractivity (Wildman–Crippen MR) is 62.3 cm³/mol. The van der Waals surface area contributed by atoms with E-state index in [9.17, 15) is 19.7 Å². The third-order valence-corrected chi connectivity index (χ3v) is 2.07. The highest BCUT2D eigenvalue weighted by Gasteiger charge is 2.17. The van der Waals surface area contributed by atoms with Gasteiger partial charge in [0.15, 0.2) is 0 Å². The van der Waals surface area contributed by atoms with E-state index in [0.717, 1.165) is 0 Å². The lowest BCUT2D eigenvalue weighted by Crippen LogP contribution is -2.40. The van der Waals surface area contributed by atoms with Gasteiger partial charge in [0.2, 0.25) is 0 Å². The monoisotopic (exact) mass is 253 g/mol. The number of amides is 2. The molecule has 0 saturated carbocycles. The average molecular weight is 253 g/mol. The molecule has 0 aliphatic carbocycles. The van der Waals surface area contributed by atoms with Gasteiger partial charge < -0.3 is 15.7 Å². The van der Waals surface area contributed by atoms with Crippen molar-refractivity contribution in [3.8, 4) is 0 Å². The molecule has 0 saturated heterocycles. The Labute approximate surface area is 102 Å². The quantitative estimate of drug-likeness (QED) is 0.549. The first-order valence-electron chi connectivity index (χ1n) is 4.95. The summed E-state index contributed by atoms with van der Waals surface area (Å²) in [6.07, 6.45) is 0. The van der Waals surface area contributed by atoms with Crippen molar-refractivity contribution in [2.45, 2.75) is 13.0 Å². The second kappa shape index (κ2) is 5.62. The summed E-state index contributed by atoms with van der Waals surface area (Å²) < 4.78 is 0. The molecule has 18 heavy (non-hydrogen) atoms. The van der Waals surface area contributed by atoms with Crippen molar-refractivity contribution >= 4 is 23.4 Å². The number of benzene rings is 1. The zero-order valence-electron chi connectivity index (χ0n) is 9.41. The van der Waals surface area contributed by atoms with Crippen LogP contribution in [0.1, 0.15) is 6.92 Å². The van der Waals surface area contributed by atoms with E-state index in [0.29, 0.717) is 0 Å². The van der Waals surface area contributed by atoms with Crippen LogP contribution in [0.25, 0.3) is 0 Å². The Bertz CT molecular complexity index is 488. The molecule has 1 unspecified atom stereocenters. The van der Waals surface area contributed by atoms with Gasteiger partial charge in [0.05, 0.1) is 4.92 Å². The van der Waals surface area contributed by atoms with Crippen LogP contribution in [-0.2, 0) is 4.79 Å².